The zero-order chi connectivity index (χ0) is 13.4. The van der Waals surface area contributed by atoms with Gasteiger partial charge in [-0.3, -0.25) is 0 Å². The van der Waals surface area contributed by atoms with E-state index in [1.807, 2.05) is 6.92 Å². The van der Waals surface area contributed by atoms with Gasteiger partial charge >= 0.3 is 0 Å². The van der Waals surface area contributed by atoms with Crippen molar-refractivity contribution in [3.8, 4) is 5.75 Å². The van der Waals surface area contributed by atoms with Crippen molar-refractivity contribution in [1.29, 1.82) is 0 Å². The van der Waals surface area contributed by atoms with Gasteiger partial charge in [0.2, 0.25) is 0 Å². The molecule has 0 amide bonds. The van der Waals surface area contributed by atoms with Crippen LogP contribution in [0.15, 0.2) is 12.1 Å². The van der Waals surface area contributed by atoms with Gasteiger partial charge in [0, 0.05) is 19.2 Å². The highest BCUT2D eigenvalue weighted by Crippen LogP contribution is 2.21. The molecule has 0 radical (unpaired) electrons. The molecule has 0 saturated carbocycles. The van der Waals surface area contributed by atoms with E-state index in [1.54, 1.807) is 0 Å². The Balaban J connectivity index is 2.40. The molecular formula is C13H20F2N2O. The maximum Gasteiger partial charge on any atom is 0.165 e. The maximum absolute atomic E-state index is 13.6. The average Bonchev–Trinajstić information content (AvgIpc) is 2.37. The summed E-state index contributed by atoms with van der Waals surface area (Å²) in [6.45, 7) is 5.27. The van der Waals surface area contributed by atoms with Crippen molar-refractivity contribution in [3.05, 3.63) is 29.3 Å². The van der Waals surface area contributed by atoms with Gasteiger partial charge in [0.25, 0.3) is 0 Å². The molecule has 0 aliphatic rings. The van der Waals surface area contributed by atoms with E-state index in [1.165, 1.54) is 13.2 Å². The molecule has 0 spiro atoms. The fourth-order valence-corrected chi connectivity index (χ4v) is 1.62. The second-order valence-corrected chi connectivity index (χ2v) is 3.93. The summed E-state index contributed by atoms with van der Waals surface area (Å²) in [5.74, 6) is -1.01. The Hall–Kier alpha value is -1.20. The summed E-state index contributed by atoms with van der Waals surface area (Å²) >= 11 is 0. The van der Waals surface area contributed by atoms with Gasteiger partial charge in [-0.2, -0.15) is 0 Å². The first-order valence-corrected chi connectivity index (χ1v) is 6.12. The SMILES string of the molecule is CCNCCNCCc1cc(F)c(OC)cc1F. The van der Waals surface area contributed by atoms with Crippen molar-refractivity contribution in [2.24, 2.45) is 0 Å². The number of hydrogen-bond acceptors (Lipinski definition) is 3. The van der Waals surface area contributed by atoms with Crippen LogP contribution in [-0.2, 0) is 6.42 Å². The van der Waals surface area contributed by atoms with Gasteiger partial charge in [-0.1, -0.05) is 6.92 Å². The van der Waals surface area contributed by atoms with Gasteiger partial charge in [0.1, 0.15) is 5.82 Å². The minimum absolute atomic E-state index is 0.0589. The second kappa shape index (κ2) is 8.00. The summed E-state index contributed by atoms with van der Waals surface area (Å²) in [4.78, 5) is 0. The number of halogens is 2. The highest BCUT2D eigenvalue weighted by molar-refractivity contribution is 5.31. The summed E-state index contributed by atoms with van der Waals surface area (Å²) in [7, 11) is 1.32. The first-order valence-electron chi connectivity index (χ1n) is 6.12. The van der Waals surface area contributed by atoms with E-state index in [9.17, 15) is 8.78 Å². The predicted octanol–water partition coefficient (Wildman–Crippen LogP) is 1.72. The Kier molecular flexibility index (Phi) is 6.60. The molecule has 0 aliphatic carbocycles. The van der Waals surface area contributed by atoms with Crippen molar-refractivity contribution in [2.75, 3.05) is 33.3 Å². The zero-order valence-corrected chi connectivity index (χ0v) is 10.9. The van der Waals surface area contributed by atoms with Crippen molar-refractivity contribution < 1.29 is 13.5 Å². The Morgan fingerprint density at radius 1 is 1.06 bits per heavy atom. The van der Waals surface area contributed by atoms with Crippen molar-refractivity contribution in [3.63, 3.8) is 0 Å². The fraction of sp³-hybridized carbons (Fsp3) is 0.538. The van der Waals surface area contributed by atoms with Crippen LogP contribution in [0, 0.1) is 11.6 Å². The van der Waals surface area contributed by atoms with E-state index < -0.39 is 11.6 Å². The van der Waals surface area contributed by atoms with Crippen LogP contribution in [-0.4, -0.2) is 33.3 Å². The van der Waals surface area contributed by atoms with Crippen LogP contribution in [0.25, 0.3) is 0 Å². The van der Waals surface area contributed by atoms with E-state index in [4.69, 9.17) is 4.74 Å². The summed E-state index contributed by atoms with van der Waals surface area (Å²) in [5, 5.41) is 6.33. The van der Waals surface area contributed by atoms with Crippen LogP contribution < -0.4 is 15.4 Å². The second-order valence-electron chi connectivity index (χ2n) is 3.93. The Labute approximate surface area is 107 Å². The molecule has 3 nitrogen and oxygen atoms in total. The lowest BCUT2D eigenvalue weighted by Crippen LogP contribution is -2.28. The minimum Gasteiger partial charge on any atom is -0.494 e. The van der Waals surface area contributed by atoms with Crippen LogP contribution in [0.3, 0.4) is 0 Å². The number of likely N-dealkylation sites (N-methyl/N-ethyl adjacent to an activating group) is 1. The standard InChI is InChI=1S/C13H20F2N2O/c1-3-16-6-7-17-5-4-10-8-12(15)13(18-2)9-11(10)14/h8-9,16-17H,3-7H2,1-2H3. The Bertz CT molecular complexity index is 372. The zero-order valence-electron chi connectivity index (χ0n) is 10.9. The number of ether oxygens (including phenoxy) is 1. The number of nitrogens with one attached hydrogen (secondary N) is 2. The van der Waals surface area contributed by atoms with Crippen molar-refractivity contribution >= 4 is 0 Å². The van der Waals surface area contributed by atoms with E-state index in [0.29, 0.717) is 18.5 Å². The van der Waals surface area contributed by atoms with Gasteiger partial charge in [-0.05, 0) is 31.1 Å². The summed E-state index contributed by atoms with van der Waals surface area (Å²) < 4.78 is 31.7. The molecule has 102 valence electrons. The van der Waals surface area contributed by atoms with Crippen LogP contribution in [0.2, 0.25) is 0 Å². The van der Waals surface area contributed by atoms with Gasteiger partial charge < -0.3 is 15.4 Å². The third-order valence-corrected chi connectivity index (χ3v) is 2.62. The highest BCUT2D eigenvalue weighted by Gasteiger charge is 2.09. The summed E-state index contributed by atoms with van der Waals surface area (Å²) in [6, 6.07) is 2.28. The summed E-state index contributed by atoms with van der Waals surface area (Å²) in [6.07, 6.45) is 0.457. The van der Waals surface area contributed by atoms with Crippen LogP contribution in [0.4, 0.5) is 8.78 Å². The predicted molar refractivity (Wildman–Crippen MR) is 68.0 cm³/mol. The van der Waals surface area contributed by atoms with Gasteiger partial charge in [-0.15, -0.1) is 0 Å². The van der Waals surface area contributed by atoms with E-state index >= 15 is 0 Å². The molecule has 2 N–H and O–H groups in total. The van der Waals surface area contributed by atoms with E-state index in [2.05, 4.69) is 10.6 Å². The van der Waals surface area contributed by atoms with Gasteiger partial charge in [0.05, 0.1) is 7.11 Å². The molecule has 0 aliphatic heterocycles. The molecule has 0 heterocycles. The molecular weight excluding hydrogens is 238 g/mol. The monoisotopic (exact) mass is 258 g/mol. The smallest absolute Gasteiger partial charge is 0.165 e. The third kappa shape index (κ3) is 4.58. The van der Waals surface area contributed by atoms with Crippen LogP contribution in [0.1, 0.15) is 12.5 Å². The van der Waals surface area contributed by atoms with E-state index in [-0.39, 0.29) is 5.75 Å². The third-order valence-electron chi connectivity index (χ3n) is 2.62. The quantitative estimate of drug-likeness (QED) is 0.697. The molecule has 1 aromatic carbocycles. The molecule has 1 aromatic rings. The van der Waals surface area contributed by atoms with E-state index in [0.717, 1.165) is 25.7 Å². The maximum atomic E-state index is 13.6. The Morgan fingerprint density at radius 2 is 1.78 bits per heavy atom. The first kappa shape index (κ1) is 14.9. The lowest BCUT2D eigenvalue weighted by atomic mass is 10.1. The molecule has 0 saturated heterocycles. The fourth-order valence-electron chi connectivity index (χ4n) is 1.62. The summed E-state index contributed by atoms with van der Waals surface area (Å²) in [5.41, 5.74) is 0.365. The highest BCUT2D eigenvalue weighted by atomic mass is 19.1. The lowest BCUT2D eigenvalue weighted by molar-refractivity contribution is 0.381. The van der Waals surface area contributed by atoms with Gasteiger partial charge in [0.15, 0.2) is 11.6 Å². The molecule has 18 heavy (non-hydrogen) atoms. The molecule has 0 atom stereocenters. The molecule has 5 heteroatoms. The molecule has 0 unspecified atom stereocenters. The number of methoxy groups -OCH3 is 1. The number of hydrogen-bond donors (Lipinski definition) is 2. The molecule has 0 fully saturated rings. The topological polar surface area (TPSA) is 33.3 Å². The van der Waals surface area contributed by atoms with Crippen molar-refractivity contribution in [2.45, 2.75) is 13.3 Å². The molecule has 0 bridgehead atoms. The van der Waals surface area contributed by atoms with Gasteiger partial charge in [-0.25, -0.2) is 8.78 Å². The number of rotatable bonds is 8. The minimum atomic E-state index is -0.526. The molecule has 1 rings (SSSR count). The average molecular weight is 258 g/mol. The van der Waals surface area contributed by atoms with Crippen LogP contribution in [0.5, 0.6) is 5.75 Å². The van der Waals surface area contributed by atoms with Crippen LogP contribution >= 0.6 is 0 Å². The Morgan fingerprint density at radius 3 is 2.44 bits per heavy atom. The largest absolute Gasteiger partial charge is 0.494 e. The van der Waals surface area contributed by atoms with Crippen molar-refractivity contribution in [1.82, 2.24) is 10.6 Å². The molecule has 0 aromatic heterocycles. The normalized spacial score (nSPS) is 10.7. The number of benzene rings is 1. The first-order chi connectivity index (χ1) is 8.69. The lowest BCUT2D eigenvalue weighted by Gasteiger charge is -2.08.